The van der Waals surface area contributed by atoms with E-state index in [1.54, 1.807) is 4.57 Å². The number of aliphatic hydroxyl groups is 2. The summed E-state index contributed by atoms with van der Waals surface area (Å²) in [5.41, 5.74) is 12.3. The summed E-state index contributed by atoms with van der Waals surface area (Å²) in [4.78, 5) is 14.7. The van der Waals surface area contributed by atoms with Gasteiger partial charge in [0, 0.05) is 26.1 Å². The van der Waals surface area contributed by atoms with E-state index in [-0.39, 0.29) is 5.82 Å². The second-order valence-corrected chi connectivity index (χ2v) is 6.66. The number of nitrogens with two attached hydrogens (primary N) is 2. The van der Waals surface area contributed by atoms with Gasteiger partial charge in [-0.05, 0) is 7.05 Å². The smallest absolute Gasteiger partial charge is 0.167 e. The second kappa shape index (κ2) is 8.28. The van der Waals surface area contributed by atoms with Crippen molar-refractivity contribution in [1.29, 1.82) is 0 Å². The number of aliphatic hydroxyl groups excluding tert-OH is 2. The standard InChI is InChI=1S/C17H27N7O3/c1-3-11-22-12-15(19)20-9-21-16(12)24(11)17-14(26)13(25)10(27-17)8-23(2)7-5-4-6-18/h4-5,9-10,13-14,17,25-26H,3,6-8,18H2,1-2H3,(H2,19,20,21)/b5-4-/t10-,13-,14-,17-/m1/s1. The zero-order valence-corrected chi connectivity index (χ0v) is 15.6. The van der Waals surface area contributed by atoms with Gasteiger partial charge in [-0.25, -0.2) is 15.0 Å². The van der Waals surface area contributed by atoms with Crippen molar-refractivity contribution in [1.82, 2.24) is 24.4 Å². The molecule has 148 valence electrons. The minimum Gasteiger partial charge on any atom is -0.387 e. The van der Waals surface area contributed by atoms with Crippen molar-refractivity contribution in [2.75, 3.05) is 32.4 Å². The Kier molecular flexibility index (Phi) is 6.02. The van der Waals surface area contributed by atoms with E-state index in [2.05, 4.69) is 15.0 Å². The summed E-state index contributed by atoms with van der Waals surface area (Å²) in [6.07, 6.45) is 2.27. The molecule has 0 amide bonds. The lowest BCUT2D eigenvalue weighted by Gasteiger charge is -2.21. The highest BCUT2D eigenvalue weighted by molar-refractivity contribution is 5.81. The van der Waals surface area contributed by atoms with E-state index in [1.165, 1.54) is 6.33 Å². The third-order valence-corrected chi connectivity index (χ3v) is 4.70. The average molecular weight is 377 g/mol. The van der Waals surface area contributed by atoms with Crippen LogP contribution in [0.3, 0.4) is 0 Å². The molecule has 4 atom stereocenters. The maximum Gasteiger partial charge on any atom is 0.167 e. The minimum absolute atomic E-state index is 0.268. The number of nitrogen functional groups attached to an aromatic ring is 1. The molecule has 1 fully saturated rings. The summed E-state index contributed by atoms with van der Waals surface area (Å²) in [5, 5.41) is 21.1. The number of hydrogen-bond acceptors (Lipinski definition) is 9. The molecule has 10 nitrogen and oxygen atoms in total. The zero-order chi connectivity index (χ0) is 19.6. The van der Waals surface area contributed by atoms with Crippen molar-refractivity contribution >= 4 is 17.0 Å². The number of rotatable bonds is 7. The number of aromatic nitrogens is 4. The molecule has 0 saturated carbocycles. The molecule has 3 heterocycles. The van der Waals surface area contributed by atoms with Crippen LogP contribution in [0.15, 0.2) is 18.5 Å². The van der Waals surface area contributed by atoms with E-state index in [0.29, 0.717) is 43.0 Å². The fraction of sp³-hybridized carbons (Fsp3) is 0.588. The van der Waals surface area contributed by atoms with Gasteiger partial charge in [-0.15, -0.1) is 0 Å². The predicted molar refractivity (Wildman–Crippen MR) is 101 cm³/mol. The normalized spacial score (nSPS) is 26.0. The van der Waals surface area contributed by atoms with Crippen LogP contribution in [0.1, 0.15) is 19.0 Å². The lowest BCUT2D eigenvalue weighted by Crippen LogP contribution is -2.38. The number of ether oxygens (including phenoxy) is 1. The zero-order valence-electron chi connectivity index (χ0n) is 15.6. The third kappa shape index (κ3) is 3.80. The first kappa shape index (κ1) is 19.6. The molecule has 1 aliphatic rings. The molecular formula is C17H27N7O3. The van der Waals surface area contributed by atoms with Gasteiger partial charge in [0.15, 0.2) is 23.2 Å². The van der Waals surface area contributed by atoms with Gasteiger partial charge in [-0.2, -0.15) is 0 Å². The monoisotopic (exact) mass is 377 g/mol. The molecule has 0 aromatic carbocycles. The van der Waals surface area contributed by atoms with Gasteiger partial charge in [-0.3, -0.25) is 4.57 Å². The lowest BCUT2D eigenvalue weighted by molar-refractivity contribution is -0.0427. The van der Waals surface area contributed by atoms with Crippen LogP contribution in [-0.2, 0) is 11.2 Å². The average Bonchev–Trinajstić information content (AvgIpc) is 3.15. The van der Waals surface area contributed by atoms with Gasteiger partial charge in [0.1, 0.15) is 30.5 Å². The second-order valence-electron chi connectivity index (χ2n) is 6.66. The van der Waals surface area contributed by atoms with Crippen LogP contribution in [0, 0.1) is 0 Å². The fourth-order valence-corrected chi connectivity index (χ4v) is 3.31. The Morgan fingerprint density at radius 1 is 1.30 bits per heavy atom. The molecule has 0 bridgehead atoms. The molecule has 1 aliphatic heterocycles. The van der Waals surface area contributed by atoms with Crippen molar-refractivity contribution in [2.24, 2.45) is 5.73 Å². The first-order valence-corrected chi connectivity index (χ1v) is 9.00. The van der Waals surface area contributed by atoms with Crippen LogP contribution in [-0.4, -0.2) is 79.6 Å². The number of fused-ring (bicyclic) bond motifs is 1. The molecule has 10 heteroatoms. The summed E-state index contributed by atoms with van der Waals surface area (Å²) in [5.74, 6) is 0.929. The molecule has 0 unspecified atom stereocenters. The molecule has 0 radical (unpaired) electrons. The van der Waals surface area contributed by atoms with E-state index < -0.39 is 24.5 Å². The van der Waals surface area contributed by atoms with Crippen molar-refractivity contribution in [3.8, 4) is 0 Å². The molecule has 6 N–H and O–H groups in total. The van der Waals surface area contributed by atoms with E-state index in [1.807, 2.05) is 31.0 Å². The van der Waals surface area contributed by atoms with Crippen LogP contribution in [0.4, 0.5) is 5.82 Å². The van der Waals surface area contributed by atoms with Crippen LogP contribution in [0.5, 0.6) is 0 Å². The highest BCUT2D eigenvalue weighted by Gasteiger charge is 2.45. The van der Waals surface area contributed by atoms with Gasteiger partial charge < -0.3 is 31.3 Å². The highest BCUT2D eigenvalue weighted by Crippen LogP contribution is 2.33. The summed E-state index contributed by atoms with van der Waals surface area (Å²) in [6, 6.07) is 0. The molecule has 3 rings (SSSR count). The largest absolute Gasteiger partial charge is 0.387 e. The number of anilines is 1. The maximum absolute atomic E-state index is 10.6. The third-order valence-electron chi connectivity index (χ3n) is 4.70. The van der Waals surface area contributed by atoms with Crippen molar-refractivity contribution in [3.05, 3.63) is 24.3 Å². The van der Waals surface area contributed by atoms with E-state index in [4.69, 9.17) is 16.2 Å². The molecule has 27 heavy (non-hydrogen) atoms. The predicted octanol–water partition coefficient (Wildman–Crippen LogP) is -0.963. The van der Waals surface area contributed by atoms with Gasteiger partial charge >= 0.3 is 0 Å². The van der Waals surface area contributed by atoms with E-state index in [9.17, 15) is 10.2 Å². The minimum atomic E-state index is -1.11. The summed E-state index contributed by atoms with van der Waals surface area (Å²) < 4.78 is 7.73. The Morgan fingerprint density at radius 3 is 2.78 bits per heavy atom. The maximum atomic E-state index is 10.6. The van der Waals surface area contributed by atoms with Crippen molar-refractivity contribution < 1.29 is 14.9 Å². The van der Waals surface area contributed by atoms with Gasteiger partial charge in [0.25, 0.3) is 0 Å². The Labute approximate surface area is 157 Å². The highest BCUT2D eigenvalue weighted by atomic mass is 16.6. The number of hydrogen-bond donors (Lipinski definition) is 4. The number of imidazole rings is 1. The lowest BCUT2D eigenvalue weighted by atomic mass is 10.1. The van der Waals surface area contributed by atoms with Crippen molar-refractivity contribution in [2.45, 2.75) is 37.9 Å². The summed E-state index contributed by atoms with van der Waals surface area (Å²) >= 11 is 0. The Balaban J connectivity index is 1.85. The quantitative estimate of drug-likeness (QED) is 0.447. The SMILES string of the molecule is CCc1nc2c(N)ncnc2n1[C@@H]1O[C@H](CN(C)C/C=C\CN)[C@@H](O)[C@H]1O. The molecule has 2 aromatic heterocycles. The van der Waals surface area contributed by atoms with Crippen LogP contribution in [0.25, 0.3) is 11.2 Å². The van der Waals surface area contributed by atoms with Crippen LogP contribution < -0.4 is 11.5 Å². The Morgan fingerprint density at radius 2 is 2.07 bits per heavy atom. The molecule has 0 spiro atoms. The molecule has 0 aliphatic carbocycles. The summed E-state index contributed by atoms with van der Waals surface area (Å²) in [7, 11) is 1.91. The number of aryl methyl sites for hydroxylation is 1. The van der Waals surface area contributed by atoms with Gasteiger partial charge in [0.2, 0.25) is 0 Å². The topological polar surface area (TPSA) is 149 Å². The van der Waals surface area contributed by atoms with Gasteiger partial charge in [-0.1, -0.05) is 19.1 Å². The van der Waals surface area contributed by atoms with Crippen LogP contribution >= 0.6 is 0 Å². The molecule has 1 saturated heterocycles. The first-order chi connectivity index (χ1) is 13.0. The first-order valence-electron chi connectivity index (χ1n) is 9.00. The van der Waals surface area contributed by atoms with Crippen LogP contribution in [0.2, 0.25) is 0 Å². The van der Waals surface area contributed by atoms with E-state index >= 15 is 0 Å². The Hall–Kier alpha value is -2.11. The molecule has 2 aromatic rings. The number of nitrogens with zero attached hydrogens (tertiary/aromatic N) is 5. The number of likely N-dealkylation sites (N-methyl/N-ethyl adjacent to an activating group) is 1. The fourth-order valence-electron chi connectivity index (χ4n) is 3.31. The summed E-state index contributed by atoms with van der Waals surface area (Å²) in [6.45, 7) is 3.54. The molecular weight excluding hydrogens is 350 g/mol. The van der Waals surface area contributed by atoms with Gasteiger partial charge in [0.05, 0.1) is 0 Å². The van der Waals surface area contributed by atoms with E-state index in [0.717, 1.165) is 0 Å². The van der Waals surface area contributed by atoms with Crippen molar-refractivity contribution in [3.63, 3.8) is 0 Å². The Bertz CT molecular complexity index is 809.